The highest BCUT2D eigenvalue weighted by Crippen LogP contribution is 2.44. The van der Waals surface area contributed by atoms with Crippen molar-refractivity contribution in [2.75, 3.05) is 32.5 Å². The average molecular weight is 403 g/mol. The second-order valence-corrected chi connectivity index (χ2v) is 9.16. The number of thiophene rings is 1. The molecule has 0 saturated carbocycles. The summed E-state index contributed by atoms with van der Waals surface area (Å²) in [5, 5.41) is 1.93. The van der Waals surface area contributed by atoms with Gasteiger partial charge >= 0.3 is 0 Å². The zero-order valence-electron chi connectivity index (χ0n) is 15.2. The van der Waals surface area contributed by atoms with Crippen molar-refractivity contribution in [3.63, 3.8) is 0 Å². The van der Waals surface area contributed by atoms with E-state index in [0.29, 0.717) is 24.4 Å². The van der Waals surface area contributed by atoms with E-state index < -0.39 is 0 Å². The third kappa shape index (κ3) is 3.46. The van der Waals surface area contributed by atoms with Gasteiger partial charge in [-0.25, -0.2) is 0 Å². The predicted octanol–water partition coefficient (Wildman–Crippen LogP) is 3.58. The molecule has 2 amide bonds. The molecule has 4 rings (SSSR count). The van der Waals surface area contributed by atoms with Crippen LogP contribution in [0.5, 0.6) is 5.75 Å². The zero-order valence-corrected chi connectivity index (χ0v) is 16.9. The third-order valence-electron chi connectivity index (χ3n) is 5.30. The van der Waals surface area contributed by atoms with Gasteiger partial charge in [0.1, 0.15) is 5.75 Å². The fourth-order valence-electron chi connectivity index (χ4n) is 3.84. The minimum absolute atomic E-state index is 0.0527. The van der Waals surface area contributed by atoms with Crippen LogP contribution in [0.2, 0.25) is 0 Å². The van der Waals surface area contributed by atoms with Crippen LogP contribution in [0.15, 0.2) is 41.8 Å². The maximum atomic E-state index is 13.2. The SMILES string of the molecule is COc1cccc(C(=O)N2CCSC23CCN(C(=O)c2cccs2)CC3)c1. The predicted molar refractivity (Wildman–Crippen MR) is 109 cm³/mol. The highest BCUT2D eigenvalue weighted by molar-refractivity contribution is 8.00. The van der Waals surface area contributed by atoms with Crippen LogP contribution in [-0.2, 0) is 0 Å². The summed E-state index contributed by atoms with van der Waals surface area (Å²) in [5.74, 6) is 1.79. The molecule has 7 heteroatoms. The molecule has 3 heterocycles. The monoisotopic (exact) mass is 402 g/mol. The van der Waals surface area contributed by atoms with E-state index in [2.05, 4.69) is 0 Å². The Morgan fingerprint density at radius 2 is 1.89 bits per heavy atom. The Bertz CT molecular complexity index is 830. The quantitative estimate of drug-likeness (QED) is 0.787. The average Bonchev–Trinajstić information content (AvgIpc) is 3.38. The molecule has 2 aliphatic rings. The molecule has 27 heavy (non-hydrogen) atoms. The summed E-state index contributed by atoms with van der Waals surface area (Å²) >= 11 is 3.34. The Labute approximate surface area is 167 Å². The van der Waals surface area contributed by atoms with E-state index >= 15 is 0 Å². The molecule has 1 aromatic heterocycles. The van der Waals surface area contributed by atoms with Gasteiger partial charge in [-0.2, -0.15) is 0 Å². The van der Waals surface area contributed by atoms with Gasteiger partial charge < -0.3 is 14.5 Å². The second-order valence-electron chi connectivity index (χ2n) is 6.75. The molecule has 5 nitrogen and oxygen atoms in total. The van der Waals surface area contributed by atoms with Crippen molar-refractivity contribution in [2.24, 2.45) is 0 Å². The molecule has 1 aromatic carbocycles. The molecule has 0 atom stereocenters. The lowest BCUT2D eigenvalue weighted by molar-refractivity contribution is 0.0499. The van der Waals surface area contributed by atoms with Crippen LogP contribution >= 0.6 is 23.1 Å². The Morgan fingerprint density at radius 1 is 1.07 bits per heavy atom. The van der Waals surface area contributed by atoms with Gasteiger partial charge in [0, 0.05) is 31.0 Å². The number of rotatable bonds is 3. The molecule has 2 saturated heterocycles. The van der Waals surface area contributed by atoms with E-state index in [1.54, 1.807) is 13.2 Å². The van der Waals surface area contributed by atoms with Gasteiger partial charge in [0.25, 0.3) is 11.8 Å². The van der Waals surface area contributed by atoms with Crippen LogP contribution in [-0.4, -0.2) is 59.0 Å². The van der Waals surface area contributed by atoms with Gasteiger partial charge in [-0.05, 0) is 42.5 Å². The van der Waals surface area contributed by atoms with Crippen LogP contribution in [0.4, 0.5) is 0 Å². The smallest absolute Gasteiger partial charge is 0.263 e. The number of thioether (sulfide) groups is 1. The van der Waals surface area contributed by atoms with Crippen molar-refractivity contribution >= 4 is 34.9 Å². The summed E-state index contributed by atoms with van der Waals surface area (Å²) in [6.07, 6.45) is 1.62. The van der Waals surface area contributed by atoms with Crippen molar-refractivity contribution in [1.29, 1.82) is 0 Å². The molecular formula is C20H22N2O3S2. The minimum atomic E-state index is -0.202. The van der Waals surface area contributed by atoms with Crippen molar-refractivity contribution in [2.45, 2.75) is 17.7 Å². The first kappa shape index (κ1) is 18.4. The van der Waals surface area contributed by atoms with Crippen molar-refractivity contribution in [3.8, 4) is 5.75 Å². The number of carbonyl (C=O) groups excluding carboxylic acids is 2. The number of hydrogen-bond acceptors (Lipinski definition) is 5. The molecule has 1 spiro atoms. The van der Waals surface area contributed by atoms with E-state index in [-0.39, 0.29) is 16.7 Å². The fourth-order valence-corrected chi connectivity index (χ4v) is 5.98. The topological polar surface area (TPSA) is 49.9 Å². The molecule has 0 bridgehead atoms. The number of methoxy groups -OCH3 is 1. The van der Waals surface area contributed by atoms with Gasteiger partial charge in [0.15, 0.2) is 0 Å². The normalized spacial score (nSPS) is 18.7. The Balaban J connectivity index is 1.48. The number of benzene rings is 1. The van der Waals surface area contributed by atoms with Gasteiger partial charge in [-0.1, -0.05) is 12.1 Å². The number of piperidine rings is 1. The second kappa shape index (κ2) is 7.56. The lowest BCUT2D eigenvalue weighted by atomic mass is 10.0. The fraction of sp³-hybridized carbons (Fsp3) is 0.400. The molecule has 142 valence electrons. The number of ether oxygens (including phenoxy) is 1. The van der Waals surface area contributed by atoms with Gasteiger partial charge in [-0.15, -0.1) is 23.1 Å². The standard InChI is InChI=1S/C20H22N2O3S2/c1-25-16-5-2-4-15(14-16)18(23)22-11-13-27-20(22)7-9-21(10-8-20)19(24)17-6-3-12-26-17/h2-6,12,14H,7-11,13H2,1H3. The van der Waals surface area contributed by atoms with E-state index in [1.807, 2.05) is 57.3 Å². The summed E-state index contributed by atoms with van der Waals surface area (Å²) in [6, 6.07) is 11.1. The van der Waals surface area contributed by atoms with Crippen LogP contribution < -0.4 is 4.74 Å². The third-order valence-corrected chi connectivity index (χ3v) is 7.71. The number of nitrogens with zero attached hydrogens (tertiary/aromatic N) is 2. The highest BCUT2D eigenvalue weighted by atomic mass is 32.2. The lowest BCUT2D eigenvalue weighted by Gasteiger charge is -2.44. The molecule has 2 fully saturated rings. The number of likely N-dealkylation sites (tertiary alicyclic amines) is 1. The summed E-state index contributed by atoms with van der Waals surface area (Å²) in [6.45, 7) is 2.12. The Morgan fingerprint density at radius 3 is 2.59 bits per heavy atom. The summed E-state index contributed by atoms with van der Waals surface area (Å²) in [4.78, 5) is 30.3. The highest BCUT2D eigenvalue weighted by Gasteiger charge is 2.47. The first-order chi connectivity index (χ1) is 13.1. The van der Waals surface area contributed by atoms with E-state index in [4.69, 9.17) is 4.74 Å². The first-order valence-corrected chi connectivity index (χ1v) is 10.9. The summed E-state index contributed by atoms with van der Waals surface area (Å²) in [5.41, 5.74) is 0.660. The van der Waals surface area contributed by atoms with Crippen LogP contribution in [0.3, 0.4) is 0 Å². The molecular weight excluding hydrogens is 380 g/mol. The first-order valence-electron chi connectivity index (χ1n) is 9.06. The van der Waals surface area contributed by atoms with Crippen LogP contribution in [0.25, 0.3) is 0 Å². The maximum absolute atomic E-state index is 13.2. The Hall–Kier alpha value is -1.99. The largest absolute Gasteiger partial charge is 0.497 e. The number of carbonyl (C=O) groups is 2. The molecule has 2 aromatic rings. The van der Waals surface area contributed by atoms with Crippen LogP contribution in [0, 0.1) is 0 Å². The van der Waals surface area contributed by atoms with E-state index in [1.165, 1.54) is 11.3 Å². The minimum Gasteiger partial charge on any atom is -0.497 e. The van der Waals surface area contributed by atoms with Crippen LogP contribution in [0.1, 0.15) is 32.9 Å². The molecule has 2 aliphatic heterocycles. The van der Waals surface area contributed by atoms with Crippen molar-refractivity contribution in [1.82, 2.24) is 9.80 Å². The zero-order chi connectivity index (χ0) is 18.9. The number of amides is 2. The van der Waals surface area contributed by atoms with Crippen molar-refractivity contribution in [3.05, 3.63) is 52.2 Å². The van der Waals surface area contributed by atoms with E-state index in [0.717, 1.165) is 30.0 Å². The summed E-state index contributed by atoms with van der Waals surface area (Å²) in [7, 11) is 1.61. The Kier molecular flexibility index (Phi) is 5.14. The van der Waals surface area contributed by atoms with Gasteiger partial charge in [0.2, 0.25) is 0 Å². The van der Waals surface area contributed by atoms with Crippen molar-refractivity contribution < 1.29 is 14.3 Å². The molecule has 0 N–H and O–H groups in total. The molecule has 0 aliphatic carbocycles. The van der Waals surface area contributed by atoms with E-state index in [9.17, 15) is 9.59 Å². The maximum Gasteiger partial charge on any atom is 0.263 e. The van der Waals surface area contributed by atoms with Gasteiger partial charge in [0.05, 0.1) is 16.9 Å². The molecule has 0 radical (unpaired) electrons. The summed E-state index contributed by atoms with van der Waals surface area (Å²) < 4.78 is 5.26. The lowest BCUT2D eigenvalue weighted by Crippen LogP contribution is -2.53. The molecule has 0 unspecified atom stereocenters. The number of hydrogen-bond donors (Lipinski definition) is 0. The van der Waals surface area contributed by atoms with Gasteiger partial charge in [-0.3, -0.25) is 9.59 Å².